The van der Waals surface area contributed by atoms with E-state index in [4.69, 9.17) is 23.7 Å². The second-order valence-electron chi connectivity index (χ2n) is 7.00. The molecule has 0 saturated carbocycles. The molecule has 2 aliphatic heterocycles. The summed E-state index contributed by atoms with van der Waals surface area (Å²) in [6.45, 7) is 1.23. The van der Waals surface area contributed by atoms with Gasteiger partial charge in [-0.25, -0.2) is 9.59 Å². The van der Waals surface area contributed by atoms with Crippen molar-refractivity contribution in [3.05, 3.63) is 47.3 Å². The predicted octanol–water partition coefficient (Wildman–Crippen LogP) is 2.40. The van der Waals surface area contributed by atoms with Gasteiger partial charge < -0.3 is 28.6 Å². The summed E-state index contributed by atoms with van der Waals surface area (Å²) in [5.74, 6) is -0.906. The first-order valence-electron chi connectivity index (χ1n) is 9.72. The van der Waals surface area contributed by atoms with E-state index < -0.39 is 17.9 Å². The molecule has 0 amide bonds. The zero-order chi connectivity index (χ0) is 21.7. The Morgan fingerprint density at radius 3 is 2.20 bits per heavy atom. The van der Waals surface area contributed by atoms with Crippen molar-refractivity contribution in [1.82, 2.24) is 4.90 Å². The molecule has 0 aromatic heterocycles. The largest absolute Gasteiger partial charge is 0.493 e. The van der Waals surface area contributed by atoms with Gasteiger partial charge in [0.25, 0.3) is 0 Å². The molecule has 1 fully saturated rings. The Morgan fingerprint density at radius 2 is 1.70 bits per heavy atom. The smallest absolute Gasteiger partial charge is 0.336 e. The molecule has 1 aromatic carbocycles. The Kier molecular flexibility index (Phi) is 6.99. The van der Waals surface area contributed by atoms with Crippen LogP contribution in [-0.2, 0) is 23.8 Å². The van der Waals surface area contributed by atoms with E-state index in [0.29, 0.717) is 41.4 Å². The summed E-state index contributed by atoms with van der Waals surface area (Å²) in [7, 11) is 5.66. The molecule has 1 atom stereocenters. The normalized spacial score (nSPS) is 19.1. The van der Waals surface area contributed by atoms with Crippen molar-refractivity contribution in [2.75, 3.05) is 41.6 Å². The third kappa shape index (κ3) is 4.28. The van der Waals surface area contributed by atoms with Crippen LogP contribution in [0.1, 0.15) is 24.3 Å². The summed E-state index contributed by atoms with van der Waals surface area (Å²) in [5, 5.41) is 0. The molecule has 8 heteroatoms. The quantitative estimate of drug-likeness (QED) is 0.626. The Morgan fingerprint density at radius 1 is 1.03 bits per heavy atom. The van der Waals surface area contributed by atoms with Gasteiger partial charge in [0.15, 0.2) is 11.5 Å². The van der Waals surface area contributed by atoms with E-state index in [0.717, 1.165) is 12.8 Å². The van der Waals surface area contributed by atoms with Crippen molar-refractivity contribution in [3.63, 3.8) is 0 Å². The van der Waals surface area contributed by atoms with Crippen molar-refractivity contribution in [1.29, 1.82) is 0 Å². The van der Waals surface area contributed by atoms with E-state index in [1.807, 2.05) is 0 Å². The summed E-state index contributed by atoms with van der Waals surface area (Å²) in [6, 6.07) is 5.31. The fraction of sp³-hybridized carbons (Fsp3) is 0.455. The van der Waals surface area contributed by atoms with E-state index in [2.05, 4.69) is 0 Å². The van der Waals surface area contributed by atoms with Crippen molar-refractivity contribution in [2.24, 2.45) is 0 Å². The maximum atomic E-state index is 12.7. The number of carbonyl (C=O) groups is 2. The SMILES string of the molecule is COC(=O)C1=CN(CC2CCCO2)C=C(C(=O)OC)C1c1cccc(OC)c1OC. The van der Waals surface area contributed by atoms with Gasteiger partial charge in [0.2, 0.25) is 0 Å². The molecule has 3 rings (SSSR count). The molecule has 30 heavy (non-hydrogen) atoms. The molecule has 2 heterocycles. The molecule has 1 unspecified atom stereocenters. The van der Waals surface area contributed by atoms with Gasteiger partial charge in [-0.2, -0.15) is 0 Å². The average Bonchev–Trinajstić information content (AvgIpc) is 3.29. The molecule has 1 aromatic rings. The Bertz CT molecular complexity index is 821. The van der Waals surface area contributed by atoms with Crippen LogP contribution in [0.2, 0.25) is 0 Å². The Balaban J connectivity index is 2.12. The van der Waals surface area contributed by atoms with Gasteiger partial charge in [-0.1, -0.05) is 12.1 Å². The third-order valence-electron chi connectivity index (χ3n) is 5.26. The van der Waals surface area contributed by atoms with E-state index >= 15 is 0 Å². The molecular formula is C22H27NO7. The van der Waals surface area contributed by atoms with Crippen LogP contribution in [-0.4, -0.2) is 64.5 Å². The van der Waals surface area contributed by atoms with Crippen LogP contribution in [0.15, 0.2) is 41.7 Å². The van der Waals surface area contributed by atoms with E-state index in [-0.39, 0.29) is 6.10 Å². The molecule has 0 radical (unpaired) electrons. The van der Waals surface area contributed by atoms with Crippen LogP contribution >= 0.6 is 0 Å². The number of benzene rings is 1. The Hall–Kier alpha value is -3.00. The zero-order valence-corrected chi connectivity index (χ0v) is 17.7. The second kappa shape index (κ2) is 9.67. The lowest BCUT2D eigenvalue weighted by Crippen LogP contribution is -2.32. The number of carbonyl (C=O) groups excluding carboxylic acids is 2. The standard InChI is InChI=1S/C22H27NO7/c1-26-18-9-5-8-15(20(18)27-2)19-16(21(24)28-3)12-23(11-14-7-6-10-30-14)13-17(19)22(25)29-4/h5,8-9,12-14,19H,6-7,10-11H2,1-4H3. The highest BCUT2D eigenvalue weighted by Crippen LogP contribution is 2.44. The van der Waals surface area contributed by atoms with Crippen LogP contribution in [0.4, 0.5) is 0 Å². The molecule has 1 saturated heterocycles. The number of para-hydroxylation sites is 1. The summed E-state index contributed by atoms with van der Waals surface area (Å²) < 4.78 is 26.7. The van der Waals surface area contributed by atoms with Gasteiger partial charge >= 0.3 is 11.9 Å². The number of hydrogen-bond acceptors (Lipinski definition) is 8. The summed E-state index contributed by atoms with van der Waals surface area (Å²) in [6.07, 6.45) is 5.33. The molecule has 0 aliphatic carbocycles. The van der Waals surface area contributed by atoms with Gasteiger partial charge in [-0.05, 0) is 18.9 Å². The second-order valence-corrected chi connectivity index (χ2v) is 7.00. The number of rotatable bonds is 7. The molecule has 0 spiro atoms. The predicted molar refractivity (Wildman–Crippen MR) is 108 cm³/mol. The number of nitrogens with zero attached hydrogens (tertiary/aromatic N) is 1. The first-order valence-corrected chi connectivity index (χ1v) is 9.72. The number of hydrogen-bond donors (Lipinski definition) is 0. The lowest BCUT2D eigenvalue weighted by molar-refractivity contribution is -0.137. The molecule has 0 bridgehead atoms. The summed E-state index contributed by atoms with van der Waals surface area (Å²) >= 11 is 0. The third-order valence-corrected chi connectivity index (χ3v) is 5.26. The number of esters is 2. The fourth-order valence-corrected chi connectivity index (χ4v) is 3.89. The first kappa shape index (κ1) is 21.7. The maximum Gasteiger partial charge on any atom is 0.336 e. The topological polar surface area (TPSA) is 83.5 Å². The van der Waals surface area contributed by atoms with Gasteiger partial charge in [-0.3, -0.25) is 0 Å². The molecular weight excluding hydrogens is 390 g/mol. The van der Waals surface area contributed by atoms with Crippen molar-refractivity contribution in [3.8, 4) is 11.5 Å². The monoisotopic (exact) mass is 417 g/mol. The fourth-order valence-electron chi connectivity index (χ4n) is 3.89. The van der Waals surface area contributed by atoms with Crippen LogP contribution in [0.3, 0.4) is 0 Å². The summed E-state index contributed by atoms with van der Waals surface area (Å²) in [5.41, 5.74) is 1.19. The van der Waals surface area contributed by atoms with E-state index in [1.165, 1.54) is 28.4 Å². The minimum Gasteiger partial charge on any atom is -0.493 e. The number of ether oxygens (including phenoxy) is 5. The number of methoxy groups -OCH3 is 4. The minimum atomic E-state index is -0.740. The minimum absolute atomic E-state index is 0.0261. The van der Waals surface area contributed by atoms with Gasteiger partial charge in [0.1, 0.15) is 0 Å². The van der Waals surface area contributed by atoms with Crippen LogP contribution in [0, 0.1) is 0 Å². The Labute approximate surface area is 176 Å². The lowest BCUT2D eigenvalue weighted by atomic mass is 9.82. The van der Waals surface area contributed by atoms with Crippen molar-refractivity contribution in [2.45, 2.75) is 24.9 Å². The molecule has 8 nitrogen and oxygen atoms in total. The van der Waals surface area contributed by atoms with Crippen LogP contribution in [0.5, 0.6) is 11.5 Å². The lowest BCUT2D eigenvalue weighted by Gasteiger charge is -2.31. The first-order chi connectivity index (χ1) is 14.5. The van der Waals surface area contributed by atoms with Crippen LogP contribution < -0.4 is 9.47 Å². The maximum absolute atomic E-state index is 12.7. The zero-order valence-electron chi connectivity index (χ0n) is 17.7. The van der Waals surface area contributed by atoms with E-state index in [1.54, 1.807) is 35.5 Å². The summed E-state index contributed by atoms with van der Waals surface area (Å²) in [4.78, 5) is 27.3. The highest BCUT2D eigenvalue weighted by molar-refractivity contribution is 5.99. The van der Waals surface area contributed by atoms with Gasteiger partial charge in [0, 0.05) is 31.1 Å². The van der Waals surface area contributed by atoms with Crippen molar-refractivity contribution < 1.29 is 33.3 Å². The van der Waals surface area contributed by atoms with E-state index in [9.17, 15) is 9.59 Å². The van der Waals surface area contributed by atoms with Gasteiger partial charge in [-0.15, -0.1) is 0 Å². The highest BCUT2D eigenvalue weighted by atomic mass is 16.5. The molecule has 2 aliphatic rings. The van der Waals surface area contributed by atoms with Crippen molar-refractivity contribution >= 4 is 11.9 Å². The molecule has 162 valence electrons. The average molecular weight is 417 g/mol. The van der Waals surface area contributed by atoms with Crippen LogP contribution in [0.25, 0.3) is 0 Å². The molecule has 0 N–H and O–H groups in total. The highest BCUT2D eigenvalue weighted by Gasteiger charge is 2.38. The van der Waals surface area contributed by atoms with Gasteiger partial charge in [0.05, 0.1) is 51.6 Å².